The van der Waals surface area contributed by atoms with E-state index in [4.69, 9.17) is 0 Å². The number of aromatic nitrogens is 2. The molecule has 0 aliphatic rings. The molecule has 1 N–H and O–H groups in total. The Labute approximate surface area is 139 Å². The number of hydrogen-bond acceptors (Lipinski definition) is 2. The van der Waals surface area contributed by atoms with Crippen LogP contribution in [0.4, 0.5) is 17.6 Å². The smallest absolute Gasteiger partial charge is 0.416 e. The summed E-state index contributed by atoms with van der Waals surface area (Å²) in [5.41, 5.74) is -0.442. The molecule has 0 fully saturated rings. The lowest BCUT2D eigenvalue weighted by Crippen LogP contribution is -2.13. The van der Waals surface area contributed by atoms with Gasteiger partial charge in [-0.25, -0.2) is 14.2 Å². The van der Waals surface area contributed by atoms with Crippen molar-refractivity contribution < 1.29 is 27.5 Å². The number of aryl methyl sites for hydroxylation is 2. The predicted octanol–water partition coefficient (Wildman–Crippen LogP) is 3.98. The molecule has 2 aromatic heterocycles. The number of fused-ring (bicyclic) bond motifs is 1. The Morgan fingerprint density at radius 2 is 1.84 bits per heavy atom. The fourth-order valence-electron chi connectivity index (χ4n) is 2.79. The first-order chi connectivity index (χ1) is 11.8. The predicted molar refractivity (Wildman–Crippen MR) is 81.0 cm³/mol. The summed E-state index contributed by atoms with van der Waals surface area (Å²) in [7, 11) is 0. The molecule has 0 saturated carbocycles. The molecule has 8 heteroatoms. The van der Waals surface area contributed by atoms with Gasteiger partial charge in [0.15, 0.2) is 0 Å². The molecule has 0 radical (unpaired) electrons. The molecule has 2 heterocycles. The molecule has 0 atom stereocenters. The molecule has 0 amide bonds. The van der Waals surface area contributed by atoms with Crippen LogP contribution in [0, 0.1) is 5.82 Å². The monoisotopic (exact) mass is 352 g/mol. The van der Waals surface area contributed by atoms with Gasteiger partial charge in [-0.3, -0.25) is 4.40 Å². The standard InChI is InChI=1S/C17H12F4N2O2/c18-12-4-5-13(17(19,20)21)11(9-12)2-1-10-3-6-14-22-7-8-23(14)15(10)16(24)25/h3-9H,1-2H2,(H,24,25). The van der Waals surface area contributed by atoms with Crippen molar-refractivity contribution in [3.8, 4) is 0 Å². The quantitative estimate of drug-likeness (QED) is 0.723. The summed E-state index contributed by atoms with van der Waals surface area (Å²) in [6.07, 6.45) is -1.84. The second kappa shape index (κ2) is 6.19. The maximum Gasteiger partial charge on any atom is 0.416 e. The Kier molecular flexibility index (Phi) is 4.20. The number of nitrogens with zero attached hydrogens (tertiary/aromatic N) is 2. The minimum atomic E-state index is -4.60. The van der Waals surface area contributed by atoms with Gasteiger partial charge in [0, 0.05) is 12.4 Å². The molecule has 4 nitrogen and oxygen atoms in total. The zero-order valence-electron chi connectivity index (χ0n) is 12.7. The third-order valence-corrected chi connectivity index (χ3v) is 3.89. The fraction of sp³-hybridized carbons (Fsp3) is 0.176. The highest BCUT2D eigenvalue weighted by atomic mass is 19.4. The Bertz CT molecular complexity index is 947. The van der Waals surface area contributed by atoms with Crippen molar-refractivity contribution in [2.75, 3.05) is 0 Å². The highest BCUT2D eigenvalue weighted by Crippen LogP contribution is 2.33. The van der Waals surface area contributed by atoms with E-state index in [1.54, 1.807) is 6.07 Å². The van der Waals surface area contributed by atoms with Crippen molar-refractivity contribution in [1.29, 1.82) is 0 Å². The molecule has 3 rings (SSSR count). The summed E-state index contributed by atoms with van der Waals surface area (Å²) in [5, 5.41) is 9.42. The number of benzene rings is 1. The summed E-state index contributed by atoms with van der Waals surface area (Å²) in [4.78, 5) is 15.5. The van der Waals surface area contributed by atoms with Crippen LogP contribution in [0.15, 0.2) is 42.7 Å². The Hall–Kier alpha value is -2.90. The third-order valence-electron chi connectivity index (χ3n) is 3.89. The lowest BCUT2D eigenvalue weighted by Gasteiger charge is -2.14. The van der Waals surface area contributed by atoms with Crippen molar-refractivity contribution in [2.24, 2.45) is 0 Å². The number of carboxylic acid groups (broad SMARTS) is 1. The average molecular weight is 352 g/mol. The van der Waals surface area contributed by atoms with E-state index in [0.717, 1.165) is 12.1 Å². The average Bonchev–Trinajstić information content (AvgIpc) is 2.99. The van der Waals surface area contributed by atoms with Crippen LogP contribution < -0.4 is 0 Å². The number of pyridine rings is 1. The molecule has 0 aliphatic heterocycles. The summed E-state index contributed by atoms with van der Waals surface area (Å²) in [5.74, 6) is -1.99. The number of aromatic carboxylic acids is 1. The van der Waals surface area contributed by atoms with E-state index in [1.807, 2.05) is 0 Å². The minimum absolute atomic E-state index is 0.0162. The van der Waals surface area contributed by atoms with Crippen LogP contribution in [0.1, 0.15) is 27.2 Å². The summed E-state index contributed by atoms with van der Waals surface area (Å²) in [6.45, 7) is 0. The van der Waals surface area contributed by atoms with Crippen LogP contribution in [-0.2, 0) is 19.0 Å². The Balaban J connectivity index is 1.98. The molecule has 0 bridgehead atoms. The first-order valence-electron chi connectivity index (χ1n) is 7.31. The molecule has 1 aromatic carbocycles. The van der Waals surface area contributed by atoms with Gasteiger partial charge in [-0.15, -0.1) is 0 Å². The van der Waals surface area contributed by atoms with Gasteiger partial charge in [0.2, 0.25) is 0 Å². The van der Waals surface area contributed by atoms with Gasteiger partial charge in [-0.1, -0.05) is 6.07 Å². The lowest BCUT2D eigenvalue weighted by molar-refractivity contribution is -0.138. The van der Waals surface area contributed by atoms with Crippen LogP contribution >= 0.6 is 0 Å². The maximum atomic E-state index is 13.4. The SMILES string of the molecule is O=C(O)c1c(CCc2cc(F)ccc2C(F)(F)F)ccc2nccn12. The second-order valence-electron chi connectivity index (χ2n) is 5.47. The first kappa shape index (κ1) is 16.9. The van der Waals surface area contributed by atoms with Gasteiger partial charge >= 0.3 is 12.1 Å². The molecule has 3 aromatic rings. The van der Waals surface area contributed by atoms with Gasteiger partial charge in [-0.05, 0) is 48.2 Å². The van der Waals surface area contributed by atoms with E-state index in [9.17, 15) is 27.5 Å². The topological polar surface area (TPSA) is 54.6 Å². The number of alkyl halides is 3. The van der Waals surface area contributed by atoms with Gasteiger partial charge in [0.25, 0.3) is 0 Å². The van der Waals surface area contributed by atoms with E-state index in [-0.39, 0.29) is 24.1 Å². The first-order valence-corrected chi connectivity index (χ1v) is 7.31. The number of carboxylic acids is 1. The van der Waals surface area contributed by atoms with Gasteiger partial charge in [0.05, 0.1) is 5.56 Å². The molecule has 0 aliphatic carbocycles. The minimum Gasteiger partial charge on any atom is -0.477 e. The number of rotatable bonds is 4. The highest BCUT2D eigenvalue weighted by molar-refractivity contribution is 5.88. The van der Waals surface area contributed by atoms with Crippen molar-refractivity contribution in [2.45, 2.75) is 19.0 Å². The maximum absolute atomic E-state index is 13.4. The van der Waals surface area contributed by atoms with Crippen LogP contribution in [0.25, 0.3) is 5.65 Å². The molecule has 0 unspecified atom stereocenters. The summed E-state index contributed by atoms with van der Waals surface area (Å²) >= 11 is 0. The van der Waals surface area contributed by atoms with E-state index >= 15 is 0 Å². The van der Waals surface area contributed by atoms with Crippen molar-refractivity contribution in [1.82, 2.24) is 9.38 Å². The highest BCUT2D eigenvalue weighted by Gasteiger charge is 2.33. The van der Waals surface area contributed by atoms with Crippen molar-refractivity contribution in [3.05, 3.63) is 70.9 Å². The number of hydrogen-bond donors (Lipinski definition) is 1. The van der Waals surface area contributed by atoms with Crippen LogP contribution in [0.2, 0.25) is 0 Å². The van der Waals surface area contributed by atoms with Crippen LogP contribution in [0.3, 0.4) is 0 Å². The van der Waals surface area contributed by atoms with Gasteiger partial charge in [0.1, 0.15) is 17.2 Å². The number of halogens is 4. The molecule has 25 heavy (non-hydrogen) atoms. The number of carbonyl (C=O) groups is 1. The second-order valence-corrected chi connectivity index (χ2v) is 5.47. The Morgan fingerprint density at radius 1 is 1.12 bits per heavy atom. The molecule has 0 spiro atoms. The normalized spacial score (nSPS) is 11.8. The largest absolute Gasteiger partial charge is 0.477 e. The van der Waals surface area contributed by atoms with E-state index in [0.29, 0.717) is 17.3 Å². The van der Waals surface area contributed by atoms with Crippen molar-refractivity contribution >= 4 is 11.6 Å². The number of imidazole rings is 1. The van der Waals surface area contributed by atoms with Crippen molar-refractivity contribution in [3.63, 3.8) is 0 Å². The molecule has 130 valence electrons. The lowest BCUT2D eigenvalue weighted by atomic mass is 9.98. The van der Waals surface area contributed by atoms with Gasteiger partial charge in [-0.2, -0.15) is 13.2 Å². The van der Waals surface area contributed by atoms with E-state index in [1.165, 1.54) is 22.9 Å². The Morgan fingerprint density at radius 3 is 2.52 bits per heavy atom. The van der Waals surface area contributed by atoms with Gasteiger partial charge < -0.3 is 5.11 Å². The summed E-state index contributed by atoms with van der Waals surface area (Å²) in [6, 6.07) is 5.38. The summed E-state index contributed by atoms with van der Waals surface area (Å²) < 4.78 is 53.9. The van der Waals surface area contributed by atoms with E-state index in [2.05, 4.69) is 4.98 Å². The zero-order valence-corrected chi connectivity index (χ0v) is 12.7. The van der Waals surface area contributed by atoms with Crippen LogP contribution in [-0.4, -0.2) is 20.5 Å². The third kappa shape index (κ3) is 3.33. The van der Waals surface area contributed by atoms with Crippen LogP contribution in [0.5, 0.6) is 0 Å². The fourth-order valence-corrected chi connectivity index (χ4v) is 2.79. The molecular weight excluding hydrogens is 340 g/mol. The van der Waals surface area contributed by atoms with E-state index < -0.39 is 23.5 Å². The molecular formula is C17H12F4N2O2. The molecule has 0 saturated heterocycles. The zero-order chi connectivity index (χ0) is 18.2.